The maximum atomic E-state index is 12.5. The van der Waals surface area contributed by atoms with E-state index in [9.17, 15) is 4.79 Å². The number of para-hydroxylation sites is 1. The van der Waals surface area contributed by atoms with Crippen LogP contribution >= 0.6 is 11.6 Å². The molecule has 0 radical (unpaired) electrons. The molecule has 0 bridgehead atoms. The minimum absolute atomic E-state index is 0.0745. The van der Waals surface area contributed by atoms with Crippen LogP contribution in [-0.4, -0.2) is 67.7 Å². The van der Waals surface area contributed by atoms with Crippen molar-refractivity contribution in [3.63, 3.8) is 0 Å². The largest absolute Gasteiger partial charge is 0.367 e. The number of likely N-dealkylation sites (tertiary alicyclic amines) is 1. The Kier molecular flexibility index (Phi) is 6.65. The van der Waals surface area contributed by atoms with Gasteiger partial charge >= 0.3 is 6.03 Å². The second-order valence-electron chi connectivity index (χ2n) is 7.71. The lowest BCUT2D eigenvalue weighted by Crippen LogP contribution is -2.53. The first-order valence-electron chi connectivity index (χ1n) is 9.81. The standard InChI is InChI=1S/C20H31ClN4O/c1-16(2)25-9-5-6-17(15-25)14-22-20(26)24-12-10-23(11-13-24)19-8-4-3-7-18(19)21/h3-4,7-8,16-17H,5-6,9-15H2,1-2H3,(H,22,26). The summed E-state index contributed by atoms with van der Waals surface area (Å²) < 4.78 is 0. The zero-order chi connectivity index (χ0) is 18.5. The van der Waals surface area contributed by atoms with Crippen molar-refractivity contribution in [2.75, 3.05) is 50.7 Å². The van der Waals surface area contributed by atoms with Gasteiger partial charge in [0.1, 0.15) is 0 Å². The molecule has 1 N–H and O–H groups in total. The van der Waals surface area contributed by atoms with E-state index >= 15 is 0 Å². The number of amides is 2. The summed E-state index contributed by atoms with van der Waals surface area (Å²) in [4.78, 5) is 19.2. The number of halogens is 1. The molecule has 0 aromatic heterocycles. The van der Waals surface area contributed by atoms with Crippen LogP contribution in [0.4, 0.5) is 10.5 Å². The molecular weight excluding hydrogens is 348 g/mol. The molecule has 1 aromatic rings. The minimum Gasteiger partial charge on any atom is -0.367 e. The van der Waals surface area contributed by atoms with Gasteiger partial charge < -0.3 is 20.0 Å². The van der Waals surface area contributed by atoms with E-state index in [0.717, 1.165) is 50.0 Å². The van der Waals surface area contributed by atoms with Crippen LogP contribution in [0.1, 0.15) is 26.7 Å². The molecule has 0 saturated carbocycles. The predicted molar refractivity (Wildman–Crippen MR) is 108 cm³/mol. The van der Waals surface area contributed by atoms with Crippen molar-refractivity contribution in [3.8, 4) is 0 Å². The van der Waals surface area contributed by atoms with E-state index in [1.807, 2.05) is 29.2 Å². The van der Waals surface area contributed by atoms with E-state index < -0.39 is 0 Å². The highest BCUT2D eigenvalue weighted by atomic mass is 35.5. The van der Waals surface area contributed by atoms with Crippen molar-refractivity contribution >= 4 is 23.3 Å². The van der Waals surface area contributed by atoms with Gasteiger partial charge in [-0.2, -0.15) is 0 Å². The monoisotopic (exact) mass is 378 g/mol. The molecule has 2 fully saturated rings. The second-order valence-corrected chi connectivity index (χ2v) is 8.12. The maximum Gasteiger partial charge on any atom is 0.317 e. The Morgan fingerprint density at radius 3 is 2.62 bits per heavy atom. The lowest BCUT2D eigenvalue weighted by molar-refractivity contribution is 0.136. The molecule has 0 aliphatic carbocycles. The van der Waals surface area contributed by atoms with Crippen LogP contribution in [0.25, 0.3) is 0 Å². The van der Waals surface area contributed by atoms with Gasteiger partial charge in [-0.25, -0.2) is 4.79 Å². The molecule has 1 atom stereocenters. The van der Waals surface area contributed by atoms with Crippen molar-refractivity contribution in [1.29, 1.82) is 0 Å². The number of carbonyl (C=O) groups excluding carboxylic acids is 1. The van der Waals surface area contributed by atoms with Gasteiger partial charge in [0.15, 0.2) is 0 Å². The van der Waals surface area contributed by atoms with Gasteiger partial charge in [-0.3, -0.25) is 0 Å². The third-order valence-electron chi connectivity index (χ3n) is 5.58. The molecule has 0 spiro atoms. The van der Waals surface area contributed by atoms with Crippen LogP contribution in [0.3, 0.4) is 0 Å². The average molecular weight is 379 g/mol. The van der Waals surface area contributed by atoms with Gasteiger partial charge in [0, 0.05) is 45.3 Å². The number of nitrogens with one attached hydrogen (secondary N) is 1. The smallest absolute Gasteiger partial charge is 0.317 e. The van der Waals surface area contributed by atoms with Crippen molar-refractivity contribution in [1.82, 2.24) is 15.1 Å². The first-order chi connectivity index (χ1) is 12.5. The quantitative estimate of drug-likeness (QED) is 0.873. The second kappa shape index (κ2) is 8.96. The number of piperazine rings is 1. The Bertz CT molecular complexity index is 601. The first kappa shape index (κ1) is 19.3. The molecule has 1 unspecified atom stereocenters. The van der Waals surface area contributed by atoms with Crippen molar-refractivity contribution in [2.45, 2.75) is 32.7 Å². The summed E-state index contributed by atoms with van der Waals surface area (Å²) in [5.41, 5.74) is 1.06. The maximum absolute atomic E-state index is 12.5. The number of urea groups is 1. The van der Waals surface area contributed by atoms with Gasteiger partial charge in [0.25, 0.3) is 0 Å². The van der Waals surface area contributed by atoms with Gasteiger partial charge in [-0.05, 0) is 51.3 Å². The predicted octanol–water partition coefficient (Wildman–Crippen LogP) is 3.29. The summed E-state index contributed by atoms with van der Waals surface area (Å²) in [7, 11) is 0. The topological polar surface area (TPSA) is 38.8 Å². The molecule has 144 valence electrons. The summed E-state index contributed by atoms with van der Waals surface area (Å²) in [5, 5.41) is 3.94. The fourth-order valence-electron chi connectivity index (χ4n) is 3.93. The fraction of sp³-hybridized carbons (Fsp3) is 0.650. The Morgan fingerprint density at radius 1 is 1.19 bits per heavy atom. The van der Waals surface area contributed by atoms with Crippen molar-refractivity contribution < 1.29 is 4.79 Å². The number of hydrogen-bond acceptors (Lipinski definition) is 3. The number of nitrogens with zero attached hydrogens (tertiary/aromatic N) is 3. The Balaban J connectivity index is 1.43. The lowest BCUT2D eigenvalue weighted by Gasteiger charge is -2.38. The van der Waals surface area contributed by atoms with Crippen LogP contribution < -0.4 is 10.2 Å². The SMILES string of the molecule is CC(C)N1CCCC(CNC(=O)N2CCN(c3ccccc3Cl)CC2)C1. The number of rotatable bonds is 4. The molecule has 2 aliphatic heterocycles. The number of hydrogen-bond donors (Lipinski definition) is 1. The zero-order valence-electron chi connectivity index (χ0n) is 16.0. The highest BCUT2D eigenvalue weighted by Gasteiger charge is 2.25. The van der Waals surface area contributed by atoms with Gasteiger partial charge in [0.2, 0.25) is 0 Å². The van der Waals surface area contributed by atoms with Crippen LogP contribution in [-0.2, 0) is 0 Å². The molecule has 3 rings (SSSR count). The molecule has 6 heteroatoms. The summed E-state index contributed by atoms with van der Waals surface area (Å²) in [6.07, 6.45) is 2.44. The lowest BCUT2D eigenvalue weighted by atomic mass is 9.97. The van der Waals surface area contributed by atoms with Crippen molar-refractivity contribution in [3.05, 3.63) is 29.3 Å². The zero-order valence-corrected chi connectivity index (χ0v) is 16.7. The van der Waals surface area contributed by atoms with E-state index in [1.54, 1.807) is 0 Å². The van der Waals surface area contributed by atoms with E-state index in [1.165, 1.54) is 19.4 Å². The van der Waals surface area contributed by atoms with Crippen LogP contribution in [0.5, 0.6) is 0 Å². The molecule has 26 heavy (non-hydrogen) atoms. The molecule has 1 aromatic carbocycles. The molecular formula is C20H31ClN4O. The Morgan fingerprint density at radius 2 is 1.92 bits per heavy atom. The minimum atomic E-state index is 0.0745. The molecule has 2 amide bonds. The van der Waals surface area contributed by atoms with Crippen molar-refractivity contribution in [2.24, 2.45) is 5.92 Å². The summed E-state index contributed by atoms with van der Waals surface area (Å²) in [5.74, 6) is 0.569. The molecule has 5 nitrogen and oxygen atoms in total. The molecule has 2 aliphatic rings. The van der Waals surface area contributed by atoms with Crippen LogP contribution in [0, 0.1) is 5.92 Å². The number of piperidine rings is 1. The fourth-order valence-corrected chi connectivity index (χ4v) is 4.19. The Hall–Kier alpha value is -1.46. The Labute approximate surface area is 162 Å². The van der Waals surface area contributed by atoms with Crippen LogP contribution in [0.2, 0.25) is 5.02 Å². The van der Waals surface area contributed by atoms with E-state index in [-0.39, 0.29) is 6.03 Å². The highest BCUT2D eigenvalue weighted by Crippen LogP contribution is 2.26. The molecule has 2 saturated heterocycles. The summed E-state index contributed by atoms with van der Waals surface area (Å²) in [6.45, 7) is 10.7. The third-order valence-corrected chi connectivity index (χ3v) is 5.90. The summed E-state index contributed by atoms with van der Waals surface area (Å²) in [6, 6.07) is 8.57. The average Bonchev–Trinajstić information content (AvgIpc) is 2.67. The van der Waals surface area contributed by atoms with E-state index in [0.29, 0.717) is 12.0 Å². The summed E-state index contributed by atoms with van der Waals surface area (Å²) >= 11 is 6.29. The number of carbonyl (C=O) groups is 1. The van der Waals surface area contributed by atoms with Gasteiger partial charge in [-0.1, -0.05) is 23.7 Å². The normalized spacial score (nSPS) is 21.9. The number of anilines is 1. The van der Waals surface area contributed by atoms with E-state index in [2.05, 4.69) is 29.0 Å². The van der Waals surface area contributed by atoms with Gasteiger partial charge in [-0.15, -0.1) is 0 Å². The van der Waals surface area contributed by atoms with Crippen LogP contribution in [0.15, 0.2) is 24.3 Å². The first-order valence-corrected chi connectivity index (χ1v) is 10.2. The highest BCUT2D eigenvalue weighted by molar-refractivity contribution is 6.33. The number of benzene rings is 1. The third kappa shape index (κ3) is 4.83. The van der Waals surface area contributed by atoms with Gasteiger partial charge in [0.05, 0.1) is 10.7 Å². The molecule has 2 heterocycles. The van der Waals surface area contributed by atoms with E-state index in [4.69, 9.17) is 11.6 Å².